The SMILES string of the molecule is [2H]C([2H])([2H])Nc1cncc(Br)c1. The molecule has 0 radical (unpaired) electrons. The van der Waals surface area contributed by atoms with E-state index in [4.69, 9.17) is 4.11 Å². The lowest BCUT2D eigenvalue weighted by Crippen LogP contribution is -1.87. The van der Waals surface area contributed by atoms with Gasteiger partial charge in [-0.25, -0.2) is 0 Å². The van der Waals surface area contributed by atoms with Gasteiger partial charge in [-0.15, -0.1) is 0 Å². The Hall–Kier alpha value is -0.570. The molecule has 0 bridgehead atoms. The third-order valence-electron chi connectivity index (χ3n) is 0.849. The Labute approximate surface area is 66.6 Å². The van der Waals surface area contributed by atoms with Gasteiger partial charge < -0.3 is 5.32 Å². The van der Waals surface area contributed by atoms with Crippen LogP contribution in [0, 0.1) is 0 Å². The minimum Gasteiger partial charge on any atom is -0.387 e. The van der Waals surface area contributed by atoms with Gasteiger partial charge in [0.1, 0.15) is 0 Å². The number of halogens is 1. The van der Waals surface area contributed by atoms with Gasteiger partial charge in [-0.05, 0) is 22.0 Å². The van der Waals surface area contributed by atoms with E-state index in [1.807, 2.05) is 0 Å². The van der Waals surface area contributed by atoms with Crippen LogP contribution in [0.5, 0.6) is 0 Å². The van der Waals surface area contributed by atoms with Crippen molar-refractivity contribution in [3.05, 3.63) is 22.9 Å². The molecule has 0 saturated heterocycles. The predicted octanol–water partition coefficient (Wildman–Crippen LogP) is 1.89. The van der Waals surface area contributed by atoms with Gasteiger partial charge in [0.2, 0.25) is 0 Å². The van der Waals surface area contributed by atoms with Crippen molar-refractivity contribution in [3.63, 3.8) is 0 Å². The second kappa shape index (κ2) is 2.82. The normalized spacial score (nSPS) is 15.4. The van der Waals surface area contributed by atoms with Crippen LogP contribution in [-0.4, -0.2) is 12.0 Å². The number of hydrogen-bond donors (Lipinski definition) is 1. The molecular weight excluding hydrogens is 180 g/mol. The van der Waals surface area contributed by atoms with Crippen molar-refractivity contribution in [1.82, 2.24) is 4.98 Å². The predicted molar refractivity (Wildman–Crippen MR) is 41.5 cm³/mol. The molecule has 0 aliphatic heterocycles. The molecule has 1 aromatic heterocycles. The standard InChI is InChI=1S/C6H7BrN2/c1-8-6-2-5(7)3-9-4-6/h2-4,8H,1H3/i1D3. The van der Waals surface area contributed by atoms with Crippen LogP contribution in [0.25, 0.3) is 0 Å². The Bertz CT molecular complexity index is 274. The summed E-state index contributed by atoms with van der Waals surface area (Å²) in [5, 5.41) is 2.33. The molecule has 0 unspecified atom stereocenters. The lowest BCUT2D eigenvalue weighted by atomic mass is 10.4. The van der Waals surface area contributed by atoms with E-state index in [0.29, 0.717) is 5.69 Å². The highest BCUT2D eigenvalue weighted by molar-refractivity contribution is 9.10. The van der Waals surface area contributed by atoms with Crippen LogP contribution in [0.2, 0.25) is 0 Å². The highest BCUT2D eigenvalue weighted by atomic mass is 79.9. The number of pyridine rings is 1. The first-order valence-electron chi connectivity index (χ1n) is 3.86. The molecule has 0 atom stereocenters. The minimum atomic E-state index is -2.16. The minimum absolute atomic E-state index is 0.476. The summed E-state index contributed by atoms with van der Waals surface area (Å²) in [6.45, 7) is -2.16. The van der Waals surface area contributed by atoms with E-state index in [1.54, 1.807) is 12.3 Å². The van der Waals surface area contributed by atoms with Crippen LogP contribution in [0.15, 0.2) is 22.9 Å². The molecule has 9 heavy (non-hydrogen) atoms. The summed E-state index contributed by atoms with van der Waals surface area (Å²) in [5.74, 6) is 0. The summed E-state index contributed by atoms with van der Waals surface area (Å²) in [5.41, 5.74) is 0.476. The summed E-state index contributed by atoms with van der Waals surface area (Å²) in [7, 11) is 0. The first-order chi connectivity index (χ1) is 5.47. The zero-order valence-electron chi connectivity index (χ0n) is 7.56. The van der Waals surface area contributed by atoms with E-state index in [2.05, 4.69) is 26.2 Å². The average molecular weight is 190 g/mol. The van der Waals surface area contributed by atoms with Gasteiger partial charge in [0.25, 0.3) is 0 Å². The number of nitrogens with one attached hydrogen (secondary N) is 1. The number of nitrogens with zero attached hydrogens (tertiary/aromatic N) is 1. The maximum atomic E-state index is 6.92. The highest BCUT2D eigenvalue weighted by Gasteiger charge is 1.87. The fourth-order valence-corrected chi connectivity index (χ4v) is 0.845. The van der Waals surface area contributed by atoms with Crippen LogP contribution in [-0.2, 0) is 0 Å². The maximum absolute atomic E-state index is 6.92. The summed E-state index contributed by atoms with van der Waals surface area (Å²) in [6, 6.07) is 1.65. The Morgan fingerprint density at radius 1 is 1.78 bits per heavy atom. The van der Waals surface area contributed by atoms with Gasteiger partial charge in [-0.1, -0.05) is 0 Å². The quantitative estimate of drug-likeness (QED) is 0.731. The van der Waals surface area contributed by atoms with Crippen LogP contribution in [0.1, 0.15) is 4.11 Å². The van der Waals surface area contributed by atoms with Crippen molar-refractivity contribution in [2.24, 2.45) is 0 Å². The lowest BCUT2D eigenvalue weighted by molar-refractivity contribution is 1.29. The van der Waals surface area contributed by atoms with E-state index in [-0.39, 0.29) is 0 Å². The maximum Gasteiger partial charge on any atom is 0.0535 e. The number of hydrogen-bond acceptors (Lipinski definition) is 2. The molecule has 1 aromatic rings. The summed E-state index contributed by atoms with van der Waals surface area (Å²) in [4.78, 5) is 3.81. The molecule has 3 heteroatoms. The molecule has 0 saturated carbocycles. The molecule has 0 fully saturated rings. The van der Waals surface area contributed by atoms with Crippen molar-refractivity contribution in [2.45, 2.75) is 0 Å². The monoisotopic (exact) mass is 189 g/mol. The van der Waals surface area contributed by atoms with Crippen molar-refractivity contribution in [2.75, 3.05) is 12.3 Å². The van der Waals surface area contributed by atoms with Crippen molar-refractivity contribution >= 4 is 21.6 Å². The van der Waals surface area contributed by atoms with Crippen LogP contribution >= 0.6 is 15.9 Å². The molecule has 0 amide bonds. The van der Waals surface area contributed by atoms with Gasteiger partial charge in [0.05, 0.1) is 11.9 Å². The van der Waals surface area contributed by atoms with Gasteiger partial charge in [0.15, 0.2) is 0 Å². The average Bonchev–Trinajstić information content (AvgIpc) is 1.82. The summed E-state index contributed by atoms with van der Waals surface area (Å²) < 4.78 is 21.5. The van der Waals surface area contributed by atoms with Gasteiger partial charge in [-0.2, -0.15) is 0 Å². The summed E-state index contributed by atoms with van der Waals surface area (Å²) in [6.07, 6.45) is 3.04. The molecule has 2 nitrogen and oxygen atoms in total. The van der Waals surface area contributed by atoms with Gasteiger partial charge >= 0.3 is 0 Å². The lowest BCUT2D eigenvalue weighted by Gasteiger charge is -1.96. The van der Waals surface area contributed by atoms with Gasteiger partial charge in [-0.3, -0.25) is 4.98 Å². The van der Waals surface area contributed by atoms with Crippen LogP contribution in [0.4, 0.5) is 5.69 Å². The molecule has 1 N–H and O–H groups in total. The molecule has 0 aliphatic carbocycles. The molecule has 1 rings (SSSR count). The zero-order chi connectivity index (χ0) is 9.19. The van der Waals surface area contributed by atoms with Crippen molar-refractivity contribution in [3.8, 4) is 0 Å². The third-order valence-corrected chi connectivity index (χ3v) is 1.28. The molecule has 48 valence electrons. The van der Waals surface area contributed by atoms with Crippen molar-refractivity contribution < 1.29 is 4.11 Å². The van der Waals surface area contributed by atoms with E-state index < -0.39 is 6.98 Å². The first kappa shape index (κ1) is 3.56. The zero-order valence-corrected chi connectivity index (χ0v) is 6.14. The van der Waals surface area contributed by atoms with E-state index >= 15 is 0 Å². The smallest absolute Gasteiger partial charge is 0.0535 e. The fourth-order valence-electron chi connectivity index (χ4n) is 0.480. The largest absolute Gasteiger partial charge is 0.387 e. The third kappa shape index (κ3) is 1.68. The van der Waals surface area contributed by atoms with E-state index in [0.717, 1.165) is 4.47 Å². The number of rotatable bonds is 1. The molecule has 1 heterocycles. The Kier molecular flexibility index (Phi) is 1.12. The number of aromatic nitrogens is 1. The number of anilines is 1. The molecular formula is C6H7BrN2. The van der Waals surface area contributed by atoms with Crippen LogP contribution in [0.3, 0.4) is 0 Å². The molecule has 0 aromatic carbocycles. The Morgan fingerprint density at radius 2 is 2.67 bits per heavy atom. The molecule has 0 aliphatic rings. The fraction of sp³-hybridized carbons (Fsp3) is 0.167. The Morgan fingerprint density at radius 3 is 3.33 bits per heavy atom. The van der Waals surface area contributed by atoms with Crippen molar-refractivity contribution in [1.29, 1.82) is 0 Å². The highest BCUT2D eigenvalue weighted by Crippen LogP contribution is 2.12. The summed E-state index contributed by atoms with van der Waals surface area (Å²) >= 11 is 3.18. The second-order valence-electron chi connectivity index (χ2n) is 1.52. The van der Waals surface area contributed by atoms with E-state index in [1.165, 1.54) is 6.20 Å². The Balaban J connectivity index is 2.77. The topological polar surface area (TPSA) is 24.9 Å². The van der Waals surface area contributed by atoms with E-state index in [9.17, 15) is 0 Å². The van der Waals surface area contributed by atoms with Crippen LogP contribution < -0.4 is 5.32 Å². The molecule has 0 spiro atoms. The second-order valence-corrected chi connectivity index (χ2v) is 2.43. The first-order valence-corrected chi connectivity index (χ1v) is 3.15. The van der Waals surface area contributed by atoms with Gasteiger partial charge in [0, 0.05) is 21.8 Å².